The standard InChI is InChI=1S/C50H66N8O4/c1-34-24-43(59)58(39-13-11-12-37(25-39)53-45(60)36-14-15-36)44-40(34)30-52-47(55-44)54-41-17-16-38(26-42(41)62-4)57-22-20-56(21-23-57)19-10-8-6-5-7-9-18-51-46(61)50-29-35-27-48(2,32-50)31-49(3,28-35)33-50/h11-13,16-17,24-26,30,35-36H,5-10,14-15,18-23,27-29,31-33H2,1-4H3,(H,51,61)(H,53,60)(H,52,54,55)/t35?,48-,49+,50?. The van der Waals surface area contributed by atoms with E-state index in [1.807, 2.05) is 37.3 Å². The molecule has 5 aliphatic carbocycles. The number of nitrogens with zero attached hydrogens (tertiary/aromatic N) is 5. The van der Waals surface area contributed by atoms with Gasteiger partial charge in [-0.3, -0.25) is 23.9 Å². The molecule has 4 atom stereocenters. The van der Waals surface area contributed by atoms with Crippen LogP contribution >= 0.6 is 0 Å². The van der Waals surface area contributed by atoms with Gasteiger partial charge in [0.2, 0.25) is 17.8 Å². The SMILES string of the molecule is COc1cc(N2CCN(CCCCCCCCNC(=O)C34CC5C[C@@](C)(C3)C[C@](C)(C5)C4)CC2)ccc1Nc1ncc2c(C)cc(=O)n(-c3cccc(NC(=O)C4CC4)c3)c2n1. The molecule has 4 bridgehead atoms. The first kappa shape index (κ1) is 42.3. The monoisotopic (exact) mass is 843 g/mol. The molecule has 10 rings (SSSR count). The number of methoxy groups -OCH3 is 1. The summed E-state index contributed by atoms with van der Waals surface area (Å²) in [6, 6.07) is 15.1. The van der Waals surface area contributed by atoms with Crippen molar-refractivity contribution in [2.75, 3.05) is 61.9 Å². The molecule has 0 spiro atoms. The van der Waals surface area contributed by atoms with Gasteiger partial charge in [-0.1, -0.05) is 45.6 Å². The van der Waals surface area contributed by atoms with Crippen LogP contribution in [0.25, 0.3) is 16.7 Å². The molecule has 6 aliphatic rings. The van der Waals surface area contributed by atoms with Crippen molar-refractivity contribution >= 4 is 45.9 Å². The molecule has 2 unspecified atom stereocenters. The van der Waals surface area contributed by atoms with E-state index in [0.717, 1.165) is 106 Å². The zero-order valence-electron chi connectivity index (χ0n) is 37.4. The highest BCUT2D eigenvalue weighted by molar-refractivity contribution is 5.94. The Morgan fingerprint density at radius 3 is 2.32 bits per heavy atom. The van der Waals surface area contributed by atoms with Crippen LogP contribution in [0, 0.1) is 35.0 Å². The van der Waals surface area contributed by atoms with E-state index in [4.69, 9.17) is 9.72 Å². The van der Waals surface area contributed by atoms with Crippen molar-refractivity contribution in [1.82, 2.24) is 24.8 Å². The number of anilines is 4. The van der Waals surface area contributed by atoms with Crippen LogP contribution in [0.3, 0.4) is 0 Å². The first-order valence-electron chi connectivity index (χ1n) is 23.4. The van der Waals surface area contributed by atoms with Crippen molar-refractivity contribution in [3.8, 4) is 11.4 Å². The molecule has 4 aromatic rings. The lowest BCUT2D eigenvalue weighted by atomic mass is 9.40. The van der Waals surface area contributed by atoms with Gasteiger partial charge in [-0.2, -0.15) is 4.98 Å². The second-order valence-corrected chi connectivity index (χ2v) is 20.4. The number of fused-ring (bicyclic) bond motifs is 1. The van der Waals surface area contributed by atoms with E-state index in [0.29, 0.717) is 45.5 Å². The summed E-state index contributed by atoms with van der Waals surface area (Å²) in [5.41, 5.74) is 4.80. The third-order valence-corrected chi connectivity index (χ3v) is 14.7. The van der Waals surface area contributed by atoms with E-state index >= 15 is 0 Å². The second kappa shape index (κ2) is 17.3. The summed E-state index contributed by atoms with van der Waals surface area (Å²) in [5.74, 6) is 2.23. The fraction of sp³-hybridized carbons (Fsp3) is 0.580. The van der Waals surface area contributed by atoms with Gasteiger partial charge in [0.15, 0.2) is 5.65 Å². The van der Waals surface area contributed by atoms with Gasteiger partial charge in [-0.05, 0) is 130 Å². The Hall–Kier alpha value is -4.97. The number of hydrogen-bond donors (Lipinski definition) is 3. The molecule has 5 saturated carbocycles. The third-order valence-electron chi connectivity index (χ3n) is 14.7. The highest BCUT2D eigenvalue weighted by Gasteiger charge is 2.62. The van der Waals surface area contributed by atoms with Crippen molar-refractivity contribution in [3.05, 3.63) is 70.6 Å². The Morgan fingerprint density at radius 1 is 0.855 bits per heavy atom. The Balaban J connectivity index is 0.722. The number of amides is 2. The number of hydrogen-bond acceptors (Lipinski definition) is 9. The van der Waals surface area contributed by atoms with Crippen LogP contribution < -0.4 is 31.1 Å². The molecular formula is C50H66N8O4. The Kier molecular flexibility index (Phi) is 11.8. The largest absolute Gasteiger partial charge is 0.494 e. The fourth-order valence-electron chi connectivity index (χ4n) is 12.5. The van der Waals surface area contributed by atoms with Crippen LogP contribution in [-0.2, 0) is 9.59 Å². The Labute approximate surface area is 366 Å². The van der Waals surface area contributed by atoms with Crippen molar-refractivity contribution < 1.29 is 14.3 Å². The molecule has 2 aromatic heterocycles. The second-order valence-electron chi connectivity index (χ2n) is 20.4. The zero-order chi connectivity index (χ0) is 43.1. The summed E-state index contributed by atoms with van der Waals surface area (Å²) in [6.45, 7) is 12.7. The summed E-state index contributed by atoms with van der Waals surface area (Å²) < 4.78 is 7.42. The molecule has 1 aliphatic heterocycles. The average Bonchev–Trinajstić information content (AvgIpc) is 4.09. The van der Waals surface area contributed by atoms with Gasteiger partial charge in [0.1, 0.15) is 5.75 Å². The quantitative estimate of drug-likeness (QED) is 0.0893. The molecule has 0 radical (unpaired) electrons. The molecule has 2 amide bonds. The van der Waals surface area contributed by atoms with Gasteiger partial charge >= 0.3 is 0 Å². The maximum absolute atomic E-state index is 13.5. The van der Waals surface area contributed by atoms with Crippen molar-refractivity contribution in [1.29, 1.82) is 0 Å². The van der Waals surface area contributed by atoms with Gasteiger partial charge in [-0.25, -0.2) is 4.98 Å². The van der Waals surface area contributed by atoms with E-state index < -0.39 is 0 Å². The molecule has 6 fully saturated rings. The maximum Gasteiger partial charge on any atom is 0.257 e. The number of benzene rings is 2. The van der Waals surface area contributed by atoms with Gasteiger partial charge in [0.25, 0.3) is 5.56 Å². The summed E-state index contributed by atoms with van der Waals surface area (Å²) >= 11 is 0. The van der Waals surface area contributed by atoms with Crippen LogP contribution in [0.15, 0.2) is 59.5 Å². The summed E-state index contributed by atoms with van der Waals surface area (Å²) in [6.07, 6.45) is 18.1. The van der Waals surface area contributed by atoms with Crippen molar-refractivity contribution in [3.63, 3.8) is 0 Å². The van der Waals surface area contributed by atoms with Gasteiger partial charge in [-0.15, -0.1) is 0 Å². The molecule has 1 saturated heterocycles. The number of carbonyl (C=O) groups excluding carboxylic acids is 2. The van der Waals surface area contributed by atoms with Crippen LogP contribution in [-0.4, -0.2) is 77.6 Å². The normalized spacial score (nSPS) is 25.5. The minimum absolute atomic E-state index is 0.0118. The number of carbonyl (C=O) groups is 2. The van der Waals surface area contributed by atoms with E-state index in [1.54, 1.807) is 23.9 Å². The first-order valence-corrected chi connectivity index (χ1v) is 23.4. The van der Waals surface area contributed by atoms with Gasteiger partial charge < -0.3 is 25.6 Å². The molecule has 12 nitrogen and oxygen atoms in total. The lowest BCUT2D eigenvalue weighted by molar-refractivity contribution is -0.170. The Bertz CT molecular complexity index is 2350. The Morgan fingerprint density at radius 2 is 1.60 bits per heavy atom. The van der Waals surface area contributed by atoms with Crippen LogP contribution in [0.2, 0.25) is 0 Å². The minimum Gasteiger partial charge on any atom is -0.494 e. The molecular weight excluding hydrogens is 777 g/mol. The number of pyridine rings is 1. The number of piperazine rings is 1. The summed E-state index contributed by atoms with van der Waals surface area (Å²) in [4.78, 5) is 53.9. The third kappa shape index (κ3) is 9.08. The number of aryl methyl sites for hydroxylation is 1. The smallest absolute Gasteiger partial charge is 0.257 e. The predicted molar refractivity (Wildman–Crippen MR) is 247 cm³/mol. The minimum atomic E-state index is -0.215. The number of aromatic nitrogens is 3. The first-order chi connectivity index (χ1) is 29.9. The molecule has 3 N–H and O–H groups in total. The number of rotatable bonds is 17. The highest BCUT2D eigenvalue weighted by Crippen LogP contribution is 2.69. The van der Waals surface area contributed by atoms with Crippen LogP contribution in [0.1, 0.15) is 109 Å². The molecule has 330 valence electrons. The summed E-state index contributed by atoms with van der Waals surface area (Å²) in [7, 11) is 1.67. The molecule has 2 aromatic carbocycles. The lowest BCUT2D eigenvalue weighted by Gasteiger charge is -2.64. The maximum atomic E-state index is 13.5. The molecule has 12 heteroatoms. The predicted octanol–water partition coefficient (Wildman–Crippen LogP) is 8.77. The van der Waals surface area contributed by atoms with E-state index in [-0.39, 0.29) is 22.8 Å². The highest BCUT2D eigenvalue weighted by atomic mass is 16.5. The topological polar surface area (TPSA) is 134 Å². The zero-order valence-corrected chi connectivity index (χ0v) is 37.4. The fourth-order valence-corrected chi connectivity index (χ4v) is 12.5. The number of nitrogens with one attached hydrogen (secondary N) is 3. The number of ether oxygens (including phenoxy) is 1. The van der Waals surface area contributed by atoms with Crippen LogP contribution in [0.4, 0.5) is 23.0 Å². The van der Waals surface area contributed by atoms with Crippen molar-refractivity contribution in [2.24, 2.45) is 28.1 Å². The number of unbranched alkanes of at least 4 members (excludes halogenated alkanes) is 5. The van der Waals surface area contributed by atoms with Crippen molar-refractivity contribution in [2.45, 2.75) is 111 Å². The average molecular weight is 843 g/mol. The molecule has 62 heavy (non-hydrogen) atoms. The van der Waals surface area contributed by atoms with E-state index in [9.17, 15) is 14.4 Å². The summed E-state index contributed by atoms with van der Waals surface area (Å²) in [5, 5.41) is 10.5. The van der Waals surface area contributed by atoms with E-state index in [2.05, 4.69) is 56.7 Å². The molecule has 3 heterocycles. The van der Waals surface area contributed by atoms with Crippen LogP contribution in [0.5, 0.6) is 5.75 Å². The van der Waals surface area contributed by atoms with E-state index in [1.165, 1.54) is 51.4 Å². The lowest BCUT2D eigenvalue weighted by Crippen LogP contribution is -2.59. The van der Waals surface area contributed by atoms with Gasteiger partial charge in [0, 0.05) is 73.7 Å². The van der Waals surface area contributed by atoms with Gasteiger partial charge in [0.05, 0.1) is 23.9 Å².